The molecule has 0 aliphatic rings. The van der Waals surface area contributed by atoms with Crippen LogP contribution in [0.5, 0.6) is 0 Å². The van der Waals surface area contributed by atoms with Crippen molar-refractivity contribution >= 4 is 17.5 Å². The SMILES string of the molecule is CCCNC(=O)CNc1cc(NC)nc(COC)n1. The first-order valence-electron chi connectivity index (χ1n) is 6.24. The Morgan fingerprint density at radius 1 is 1.37 bits per heavy atom. The molecule has 1 amide bonds. The Morgan fingerprint density at radius 3 is 2.74 bits per heavy atom. The summed E-state index contributed by atoms with van der Waals surface area (Å²) in [6.45, 7) is 3.20. The first-order chi connectivity index (χ1) is 9.19. The first kappa shape index (κ1) is 15.2. The Bertz CT molecular complexity index is 411. The van der Waals surface area contributed by atoms with Gasteiger partial charge in [0.1, 0.15) is 18.2 Å². The molecule has 0 aliphatic carbocycles. The van der Waals surface area contributed by atoms with Crippen molar-refractivity contribution < 1.29 is 9.53 Å². The van der Waals surface area contributed by atoms with Crippen molar-refractivity contribution in [2.45, 2.75) is 20.0 Å². The second kappa shape index (κ2) is 8.25. The molecule has 0 atom stereocenters. The molecule has 1 aromatic heterocycles. The first-order valence-corrected chi connectivity index (χ1v) is 6.24. The zero-order valence-electron chi connectivity index (χ0n) is 11.6. The highest BCUT2D eigenvalue weighted by Crippen LogP contribution is 2.11. The van der Waals surface area contributed by atoms with Crippen molar-refractivity contribution in [3.05, 3.63) is 11.9 Å². The summed E-state index contributed by atoms with van der Waals surface area (Å²) in [5.41, 5.74) is 0. The lowest BCUT2D eigenvalue weighted by Crippen LogP contribution is -2.30. The molecule has 1 rings (SSSR count). The molecule has 7 heteroatoms. The molecular formula is C12H21N5O2. The van der Waals surface area contributed by atoms with Gasteiger partial charge in [-0.05, 0) is 6.42 Å². The number of ether oxygens (including phenoxy) is 1. The molecule has 0 spiro atoms. The summed E-state index contributed by atoms with van der Waals surface area (Å²) < 4.78 is 5.00. The number of hydrogen-bond acceptors (Lipinski definition) is 6. The summed E-state index contributed by atoms with van der Waals surface area (Å²) in [6, 6.07) is 1.74. The van der Waals surface area contributed by atoms with Gasteiger partial charge in [0.25, 0.3) is 0 Å². The van der Waals surface area contributed by atoms with Crippen LogP contribution in [0.3, 0.4) is 0 Å². The number of methoxy groups -OCH3 is 1. The van der Waals surface area contributed by atoms with Gasteiger partial charge in [0.15, 0.2) is 5.82 Å². The lowest BCUT2D eigenvalue weighted by atomic mass is 10.4. The standard InChI is InChI=1S/C12H21N5O2/c1-4-5-14-12(18)7-15-10-6-9(13-2)16-11(17-10)8-19-3/h6H,4-5,7-8H2,1-3H3,(H,14,18)(H2,13,15,16,17). The fraction of sp³-hybridized carbons (Fsp3) is 0.583. The Balaban J connectivity index is 2.61. The van der Waals surface area contributed by atoms with Crippen LogP contribution < -0.4 is 16.0 Å². The zero-order chi connectivity index (χ0) is 14.1. The average molecular weight is 267 g/mol. The number of nitrogens with zero attached hydrogens (tertiary/aromatic N) is 2. The molecule has 7 nitrogen and oxygen atoms in total. The number of anilines is 2. The molecule has 106 valence electrons. The molecular weight excluding hydrogens is 246 g/mol. The van der Waals surface area contributed by atoms with Crippen LogP contribution in [0.1, 0.15) is 19.2 Å². The maximum absolute atomic E-state index is 11.5. The predicted molar refractivity (Wildman–Crippen MR) is 74.1 cm³/mol. The fourth-order valence-electron chi connectivity index (χ4n) is 1.41. The van der Waals surface area contributed by atoms with Gasteiger partial charge in [-0.2, -0.15) is 0 Å². The van der Waals surface area contributed by atoms with Crippen LogP contribution in [0.25, 0.3) is 0 Å². The van der Waals surface area contributed by atoms with E-state index in [1.807, 2.05) is 6.92 Å². The second-order valence-corrected chi connectivity index (χ2v) is 3.94. The summed E-state index contributed by atoms with van der Waals surface area (Å²) in [6.07, 6.45) is 0.918. The summed E-state index contributed by atoms with van der Waals surface area (Å²) in [7, 11) is 3.36. The van der Waals surface area contributed by atoms with Crippen LogP contribution in [-0.4, -0.2) is 43.1 Å². The topological polar surface area (TPSA) is 88.2 Å². The molecule has 0 radical (unpaired) electrons. The van der Waals surface area contributed by atoms with Crippen molar-refractivity contribution in [3.63, 3.8) is 0 Å². The number of rotatable bonds is 8. The molecule has 1 heterocycles. The number of nitrogens with one attached hydrogen (secondary N) is 3. The molecule has 0 bridgehead atoms. The van der Waals surface area contributed by atoms with E-state index in [-0.39, 0.29) is 12.5 Å². The fourth-order valence-corrected chi connectivity index (χ4v) is 1.41. The molecule has 1 aromatic rings. The van der Waals surface area contributed by atoms with Gasteiger partial charge >= 0.3 is 0 Å². The number of carbonyl (C=O) groups is 1. The molecule has 0 saturated carbocycles. The molecule has 0 aromatic carbocycles. The Morgan fingerprint density at radius 2 is 2.11 bits per heavy atom. The minimum Gasteiger partial charge on any atom is -0.377 e. The maximum Gasteiger partial charge on any atom is 0.239 e. The minimum absolute atomic E-state index is 0.0558. The van der Waals surface area contributed by atoms with Gasteiger partial charge in [-0.1, -0.05) is 6.92 Å². The van der Waals surface area contributed by atoms with Gasteiger partial charge in [0, 0.05) is 26.8 Å². The van der Waals surface area contributed by atoms with Crippen molar-refractivity contribution in [2.75, 3.05) is 37.9 Å². The van der Waals surface area contributed by atoms with E-state index in [1.54, 1.807) is 20.2 Å². The third kappa shape index (κ3) is 5.52. The van der Waals surface area contributed by atoms with Crippen LogP contribution >= 0.6 is 0 Å². The second-order valence-electron chi connectivity index (χ2n) is 3.94. The van der Waals surface area contributed by atoms with Gasteiger partial charge in [-0.3, -0.25) is 4.79 Å². The van der Waals surface area contributed by atoms with E-state index in [4.69, 9.17) is 4.74 Å². The average Bonchev–Trinajstić information content (AvgIpc) is 2.43. The molecule has 19 heavy (non-hydrogen) atoms. The minimum atomic E-state index is -0.0558. The maximum atomic E-state index is 11.5. The van der Waals surface area contributed by atoms with E-state index in [0.717, 1.165) is 6.42 Å². The van der Waals surface area contributed by atoms with Gasteiger partial charge in [0.05, 0.1) is 6.54 Å². The van der Waals surface area contributed by atoms with Crippen molar-refractivity contribution in [1.82, 2.24) is 15.3 Å². The van der Waals surface area contributed by atoms with Crippen molar-refractivity contribution in [3.8, 4) is 0 Å². The molecule has 0 aliphatic heterocycles. The highest BCUT2D eigenvalue weighted by atomic mass is 16.5. The third-order valence-corrected chi connectivity index (χ3v) is 2.30. The lowest BCUT2D eigenvalue weighted by Gasteiger charge is -2.09. The van der Waals surface area contributed by atoms with Crippen LogP contribution in [-0.2, 0) is 16.1 Å². The smallest absolute Gasteiger partial charge is 0.239 e. The number of amides is 1. The van der Waals surface area contributed by atoms with E-state index in [9.17, 15) is 4.79 Å². The van der Waals surface area contributed by atoms with Gasteiger partial charge in [0.2, 0.25) is 5.91 Å². The lowest BCUT2D eigenvalue weighted by molar-refractivity contribution is -0.119. The molecule has 3 N–H and O–H groups in total. The van der Waals surface area contributed by atoms with Gasteiger partial charge in [-0.25, -0.2) is 9.97 Å². The summed E-state index contributed by atoms with van der Waals surface area (Å²) in [4.78, 5) is 20.0. The van der Waals surface area contributed by atoms with Gasteiger partial charge < -0.3 is 20.7 Å². The summed E-state index contributed by atoms with van der Waals surface area (Å²) >= 11 is 0. The number of hydrogen-bond donors (Lipinski definition) is 3. The highest BCUT2D eigenvalue weighted by molar-refractivity contribution is 5.80. The van der Waals surface area contributed by atoms with E-state index in [1.165, 1.54) is 0 Å². The largest absolute Gasteiger partial charge is 0.377 e. The third-order valence-electron chi connectivity index (χ3n) is 2.30. The highest BCUT2D eigenvalue weighted by Gasteiger charge is 2.05. The summed E-state index contributed by atoms with van der Waals surface area (Å²) in [5.74, 6) is 1.78. The monoisotopic (exact) mass is 267 g/mol. The normalized spacial score (nSPS) is 10.1. The van der Waals surface area contributed by atoms with Crippen LogP contribution in [0.4, 0.5) is 11.6 Å². The Kier molecular flexibility index (Phi) is 6.59. The van der Waals surface area contributed by atoms with Crippen LogP contribution in [0.2, 0.25) is 0 Å². The quantitative estimate of drug-likeness (QED) is 0.639. The zero-order valence-corrected chi connectivity index (χ0v) is 11.6. The predicted octanol–water partition coefficient (Wildman–Crippen LogP) is 0.603. The van der Waals surface area contributed by atoms with Gasteiger partial charge in [-0.15, -0.1) is 0 Å². The number of aromatic nitrogens is 2. The van der Waals surface area contributed by atoms with E-state index < -0.39 is 0 Å². The van der Waals surface area contributed by atoms with Crippen LogP contribution in [0.15, 0.2) is 6.07 Å². The van der Waals surface area contributed by atoms with Crippen molar-refractivity contribution in [1.29, 1.82) is 0 Å². The van der Waals surface area contributed by atoms with Crippen LogP contribution in [0, 0.1) is 0 Å². The Labute approximate surface area is 113 Å². The molecule has 0 saturated heterocycles. The summed E-state index contributed by atoms with van der Waals surface area (Å²) in [5, 5.41) is 8.69. The van der Waals surface area contributed by atoms with E-state index >= 15 is 0 Å². The van der Waals surface area contributed by atoms with Crippen molar-refractivity contribution in [2.24, 2.45) is 0 Å². The molecule has 0 fully saturated rings. The number of carbonyl (C=O) groups excluding carboxylic acids is 1. The van der Waals surface area contributed by atoms with E-state index in [0.29, 0.717) is 30.6 Å². The van der Waals surface area contributed by atoms with E-state index in [2.05, 4.69) is 25.9 Å². The Hall–Kier alpha value is -1.89. The molecule has 0 unspecified atom stereocenters.